The topological polar surface area (TPSA) is 66.9 Å². The van der Waals surface area contributed by atoms with E-state index in [9.17, 15) is 4.79 Å². The number of urea groups is 1. The number of anilines is 1. The maximum Gasteiger partial charge on any atom is 0.320 e. The monoisotopic (exact) mass is 284 g/mol. The van der Waals surface area contributed by atoms with Crippen molar-refractivity contribution < 1.29 is 4.79 Å². The van der Waals surface area contributed by atoms with Crippen molar-refractivity contribution in [1.29, 1.82) is 0 Å². The van der Waals surface area contributed by atoms with E-state index in [1.54, 1.807) is 30.8 Å². The summed E-state index contributed by atoms with van der Waals surface area (Å²) in [6, 6.07) is 5.52. The number of thiophene rings is 1. The first-order valence-corrected chi connectivity index (χ1v) is 6.98. The molecule has 2 amide bonds. The van der Waals surface area contributed by atoms with Gasteiger partial charge in [-0.05, 0) is 34.5 Å². The number of carbonyl (C=O) groups excluding carboxylic acids is 1. The van der Waals surface area contributed by atoms with E-state index in [2.05, 4.69) is 20.6 Å². The summed E-state index contributed by atoms with van der Waals surface area (Å²) < 4.78 is 0. The van der Waals surface area contributed by atoms with Gasteiger partial charge < -0.3 is 5.32 Å². The van der Waals surface area contributed by atoms with Crippen LogP contribution < -0.4 is 10.6 Å². The molecule has 0 fully saturated rings. The zero-order valence-electron chi connectivity index (χ0n) is 10.8. The number of rotatable bonds is 2. The number of carbonyl (C=O) groups is 1. The van der Waals surface area contributed by atoms with Gasteiger partial charge in [-0.25, -0.2) is 9.78 Å². The third-order valence-electron chi connectivity index (χ3n) is 2.91. The SMILES string of the molecule is CNC(=O)Nc1nc2ccncc2cc1-c1ccsc1. The molecule has 5 nitrogen and oxygen atoms in total. The van der Waals surface area contributed by atoms with Crippen LogP contribution in [0.2, 0.25) is 0 Å². The molecule has 0 bridgehead atoms. The molecule has 0 unspecified atom stereocenters. The highest BCUT2D eigenvalue weighted by Gasteiger charge is 2.11. The van der Waals surface area contributed by atoms with Crippen LogP contribution in [0.4, 0.5) is 10.6 Å². The summed E-state index contributed by atoms with van der Waals surface area (Å²) in [5.41, 5.74) is 2.71. The fourth-order valence-corrected chi connectivity index (χ4v) is 2.58. The number of hydrogen-bond donors (Lipinski definition) is 2. The Labute approximate surface area is 119 Å². The zero-order chi connectivity index (χ0) is 13.9. The molecule has 6 heteroatoms. The lowest BCUT2D eigenvalue weighted by atomic mass is 10.1. The van der Waals surface area contributed by atoms with Gasteiger partial charge in [0.15, 0.2) is 0 Å². The van der Waals surface area contributed by atoms with Crippen LogP contribution in [0.25, 0.3) is 22.0 Å². The second kappa shape index (κ2) is 5.26. The number of amides is 2. The Morgan fingerprint density at radius 2 is 2.25 bits per heavy atom. The molecule has 3 heterocycles. The van der Waals surface area contributed by atoms with E-state index >= 15 is 0 Å². The summed E-state index contributed by atoms with van der Waals surface area (Å²) in [7, 11) is 1.57. The molecule has 0 aliphatic heterocycles. The van der Waals surface area contributed by atoms with E-state index in [4.69, 9.17) is 0 Å². The van der Waals surface area contributed by atoms with Gasteiger partial charge in [0.05, 0.1) is 5.52 Å². The Kier molecular flexibility index (Phi) is 3.30. The molecule has 3 rings (SSSR count). The van der Waals surface area contributed by atoms with Gasteiger partial charge >= 0.3 is 6.03 Å². The minimum absolute atomic E-state index is 0.289. The van der Waals surface area contributed by atoms with Gasteiger partial charge in [0.2, 0.25) is 0 Å². The Morgan fingerprint density at radius 1 is 1.35 bits per heavy atom. The lowest BCUT2D eigenvalue weighted by Gasteiger charge is -2.10. The summed E-state index contributed by atoms with van der Waals surface area (Å²) in [6.07, 6.45) is 3.45. The lowest BCUT2D eigenvalue weighted by molar-refractivity contribution is 0.254. The second-order valence-electron chi connectivity index (χ2n) is 4.17. The van der Waals surface area contributed by atoms with Crippen molar-refractivity contribution >= 4 is 34.1 Å². The molecule has 0 saturated heterocycles. The highest BCUT2D eigenvalue weighted by molar-refractivity contribution is 7.08. The maximum atomic E-state index is 11.6. The highest BCUT2D eigenvalue weighted by atomic mass is 32.1. The van der Waals surface area contributed by atoms with Gasteiger partial charge in [-0.1, -0.05) is 0 Å². The van der Waals surface area contributed by atoms with Gasteiger partial charge in [-0.15, -0.1) is 0 Å². The molecule has 2 N–H and O–H groups in total. The maximum absolute atomic E-state index is 11.6. The van der Waals surface area contributed by atoms with Gasteiger partial charge in [0.1, 0.15) is 5.82 Å². The summed E-state index contributed by atoms with van der Waals surface area (Å²) in [5.74, 6) is 0.543. The number of hydrogen-bond acceptors (Lipinski definition) is 4. The fraction of sp³-hybridized carbons (Fsp3) is 0.0714. The minimum atomic E-state index is -0.289. The Hall–Kier alpha value is -2.47. The van der Waals surface area contributed by atoms with Crippen molar-refractivity contribution in [3.63, 3.8) is 0 Å². The van der Waals surface area contributed by atoms with Crippen LogP contribution in [0.3, 0.4) is 0 Å². The third-order valence-corrected chi connectivity index (χ3v) is 3.59. The fourth-order valence-electron chi connectivity index (χ4n) is 1.92. The van der Waals surface area contributed by atoms with Crippen LogP contribution in [0.1, 0.15) is 0 Å². The normalized spacial score (nSPS) is 10.4. The standard InChI is InChI=1S/C14H12N4OS/c1-15-14(19)18-13-11(9-3-5-20-8-9)6-10-7-16-4-2-12(10)17-13/h2-8H,1H3,(H2,15,17,18,19). The summed E-state index contributed by atoms with van der Waals surface area (Å²) in [4.78, 5) is 20.2. The summed E-state index contributed by atoms with van der Waals surface area (Å²) >= 11 is 1.60. The Balaban J connectivity index is 2.18. The molecule has 0 radical (unpaired) electrons. The molecule has 20 heavy (non-hydrogen) atoms. The molecule has 3 aromatic heterocycles. The molecular weight excluding hydrogens is 272 g/mol. The molecule has 3 aromatic rings. The van der Waals surface area contributed by atoms with E-state index in [1.165, 1.54) is 0 Å². The first kappa shape index (κ1) is 12.6. The van der Waals surface area contributed by atoms with Gasteiger partial charge in [-0.3, -0.25) is 10.3 Å². The number of nitrogens with zero attached hydrogens (tertiary/aromatic N) is 2. The van der Waals surface area contributed by atoms with E-state index in [0.717, 1.165) is 22.0 Å². The lowest BCUT2D eigenvalue weighted by Crippen LogP contribution is -2.25. The average Bonchev–Trinajstić information content (AvgIpc) is 3.00. The van der Waals surface area contributed by atoms with Crippen molar-refractivity contribution in [3.05, 3.63) is 41.4 Å². The molecular formula is C14H12N4OS. The van der Waals surface area contributed by atoms with Crippen LogP contribution >= 0.6 is 11.3 Å². The Bertz CT molecular complexity index is 755. The van der Waals surface area contributed by atoms with E-state index in [0.29, 0.717) is 5.82 Å². The zero-order valence-corrected chi connectivity index (χ0v) is 11.6. The molecule has 0 aliphatic carbocycles. The number of fused-ring (bicyclic) bond motifs is 1. The highest BCUT2D eigenvalue weighted by Crippen LogP contribution is 2.31. The third kappa shape index (κ3) is 2.33. The smallest absolute Gasteiger partial charge is 0.320 e. The van der Waals surface area contributed by atoms with Crippen LogP contribution in [0.5, 0.6) is 0 Å². The molecule has 0 atom stereocenters. The van der Waals surface area contributed by atoms with E-state index in [-0.39, 0.29) is 6.03 Å². The largest absolute Gasteiger partial charge is 0.341 e. The number of pyridine rings is 2. The van der Waals surface area contributed by atoms with Gasteiger partial charge in [0.25, 0.3) is 0 Å². The molecule has 0 aromatic carbocycles. The molecule has 100 valence electrons. The average molecular weight is 284 g/mol. The van der Waals surface area contributed by atoms with Crippen molar-refractivity contribution in [2.75, 3.05) is 12.4 Å². The van der Waals surface area contributed by atoms with Crippen LogP contribution in [0, 0.1) is 0 Å². The summed E-state index contributed by atoms with van der Waals surface area (Å²) in [5, 5.41) is 10.3. The van der Waals surface area contributed by atoms with Crippen molar-refractivity contribution in [2.24, 2.45) is 0 Å². The first-order chi connectivity index (χ1) is 9.78. The molecule has 0 saturated carbocycles. The van der Waals surface area contributed by atoms with Crippen LogP contribution in [-0.2, 0) is 0 Å². The summed E-state index contributed by atoms with van der Waals surface area (Å²) in [6.45, 7) is 0. The van der Waals surface area contributed by atoms with Gasteiger partial charge in [0, 0.05) is 30.4 Å². The van der Waals surface area contributed by atoms with Crippen molar-refractivity contribution in [1.82, 2.24) is 15.3 Å². The molecule has 0 spiro atoms. The van der Waals surface area contributed by atoms with Crippen LogP contribution in [0.15, 0.2) is 41.4 Å². The van der Waals surface area contributed by atoms with Gasteiger partial charge in [-0.2, -0.15) is 11.3 Å². The quantitative estimate of drug-likeness (QED) is 0.760. The minimum Gasteiger partial charge on any atom is -0.341 e. The number of aromatic nitrogens is 2. The number of nitrogens with one attached hydrogen (secondary N) is 2. The van der Waals surface area contributed by atoms with Crippen molar-refractivity contribution in [3.8, 4) is 11.1 Å². The van der Waals surface area contributed by atoms with Crippen LogP contribution in [-0.4, -0.2) is 23.0 Å². The van der Waals surface area contributed by atoms with E-state index in [1.807, 2.05) is 29.0 Å². The van der Waals surface area contributed by atoms with E-state index < -0.39 is 0 Å². The second-order valence-corrected chi connectivity index (χ2v) is 4.95. The first-order valence-electron chi connectivity index (χ1n) is 6.04. The Morgan fingerprint density at radius 3 is 3.00 bits per heavy atom. The predicted molar refractivity (Wildman–Crippen MR) is 80.9 cm³/mol. The molecule has 0 aliphatic rings. The predicted octanol–water partition coefficient (Wildman–Crippen LogP) is 3.11. The van der Waals surface area contributed by atoms with Crippen molar-refractivity contribution in [2.45, 2.75) is 0 Å².